The van der Waals surface area contributed by atoms with Gasteiger partial charge in [0.05, 0.1) is 18.2 Å². The number of halogens is 1. The van der Waals surface area contributed by atoms with Crippen LogP contribution in [0.5, 0.6) is 11.5 Å². The summed E-state index contributed by atoms with van der Waals surface area (Å²) in [5.74, 6) is 1.58. The monoisotopic (exact) mass is 313 g/mol. The van der Waals surface area contributed by atoms with Gasteiger partial charge in [0.15, 0.2) is 11.5 Å². The molecule has 1 N–H and O–H groups in total. The van der Waals surface area contributed by atoms with Crippen LogP contribution in [0.15, 0.2) is 22.7 Å². The molecular weight excluding hydrogens is 294 g/mol. The Bertz CT molecular complexity index is 378. The number of hydrogen-bond acceptors (Lipinski definition) is 3. The van der Waals surface area contributed by atoms with Gasteiger partial charge in [0.25, 0.3) is 0 Å². The minimum absolute atomic E-state index is 0.604. The first-order valence-corrected chi connectivity index (χ1v) is 7.29. The Morgan fingerprint density at radius 2 is 2.28 bits per heavy atom. The summed E-state index contributed by atoms with van der Waals surface area (Å²) in [7, 11) is 1.66. The molecule has 0 aliphatic carbocycles. The van der Waals surface area contributed by atoms with Crippen molar-refractivity contribution in [2.75, 3.05) is 20.3 Å². The maximum absolute atomic E-state index is 5.85. The Morgan fingerprint density at radius 3 is 3.00 bits per heavy atom. The number of rotatable bonds is 5. The van der Waals surface area contributed by atoms with E-state index in [2.05, 4.69) is 21.2 Å². The molecule has 3 nitrogen and oxygen atoms in total. The standard InChI is InChI=1S/C14H20BrNO2/c1-17-13-7-4-6-12(15)14(13)18-10-8-11-5-2-3-9-16-11/h4,6-7,11,16H,2-3,5,8-10H2,1H3. The van der Waals surface area contributed by atoms with Crippen molar-refractivity contribution >= 4 is 15.9 Å². The molecule has 1 aliphatic heterocycles. The minimum atomic E-state index is 0.604. The van der Waals surface area contributed by atoms with Crippen LogP contribution in [0.4, 0.5) is 0 Å². The molecular formula is C14H20BrNO2. The van der Waals surface area contributed by atoms with Crippen LogP contribution in [0, 0.1) is 0 Å². The van der Waals surface area contributed by atoms with E-state index >= 15 is 0 Å². The molecule has 0 aromatic heterocycles. The second kappa shape index (κ2) is 7.00. The van der Waals surface area contributed by atoms with E-state index in [0.717, 1.165) is 35.5 Å². The van der Waals surface area contributed by atoms with Gasteiger partial charge in [-0.3, -0.25) is 0 Å². The first-order chi connectivity index (χ1) is 8.81. The van der Waals surface area contributed by atoms with E-state index in [1.807, 2.05) is 18.2 Å². The molecule has 0 radical (unpaired) electrons. The summed E-state index contributed by atoms with van der Waals surface area (Å²) in [5.41, 5.74) is 0. The van der Waals surface area contributed by atoms with Gasteiger partial charge in [0.2, 0.25) is 0 Å². The van der Waals surface area contributed by atoms with Crippen molar-refractivity contribution in [3.05, 3.63) is 22.7 Å². The molecule has 100 valence electrons. The second-order valence-corrected chi connectivity index (χ2v) is 5.41. The second-order valence-electron chi connectivity index (χ2n) is 4.56. The van der Waals surface area contributed by atoms with Crippen LogP contribution in [0.1, 0.15) is 25.7 Å². The van der Waals surface area contributed by atoms with E-state index in [9.17, 15) is 0 Å². The number of piperidine rings is 1. The zero-order valence-corrected chi connectivity index (χ0v) is 12.3. The van der Waals surface area contributed by atoms with Crippen molar-refractivity contribution in [3.63, 3.8) is 0 Å². The molecule has 1 aromatic rings. The average molecular weight is 314 g/mol. The van der Waals surface area contributed by atoms with Crippen molar-refractivity contribution in [1.82, 2.24) is 5.32 Å². The van der Waals surface area contributed by atoms with Crippen molar-refractivity contribution < 1.29 is 9.47 Å². The molecule has 1 heterocycles. The van der Waals surface area contributed by atoms with E-state index in [4.69, 9.17) is 9.47 Å². The van der Waals surface area contributed by atoms with Gasteiger partial charge in [-0.15, -0.1) is 0 Å². The highest BCUT2D eigenvalue weighted by Gasteiger charge is 2.13. The lowest BCUT2D eigenvalue weighted by atomic mass is 10.0. The SMILES string of the molecule is COc1cccc(Br)c1OCCC1CCCCN1. The third-order valence-corrected chi connectivity index (χ3v) is 3.90. The Labute approximate surface area is 117 Å². The summed E-state index contributed by atoms with van der Waals surface area (Å²) in [6.45, 7) is 1.86. The summed E-state index contributed by atoms with van der Waals surface area (Å²) in [4.78, 5) is 0. The zero-order chi connectivity index (χ0) is 12.8. The number of nitrogens with one attached hydrogen (secondary N) is 1. The topological polar surface area (TPSA) is 30.5 Å². The van der Waals surface area contributed by atoms with Crippen molar-refractivity contribution in [3.8, 4) is 11.5 Å². The highest BCUT2D eigenvalue weighted by atomic mass is 79.9. The average Bonchev–Trinajstić information content (AvgIpc) is 2.41. The number of hydrogen-bond donors (Lipinski definition) is 1. The van der Waals surface area contributed by atoms with E-state index in [1.54, 1.807) is 7.11 Å². The summed E-state index contributed by atoms with van der Waals surface area (Å²) < 4.78 is 12.1. The number of benzene rings is 1. The van der Waals surface area contributed by atoms with Gasteiger partial charge in [-0.25, -0.2) is 0 Å². The molecule has 0 spiro atoms. The van der Waals surface area contributed by atoms with Crippen molar-refractivity contribution in [1.29, 1.82) is 0 Å². The molecule has 4 heteroatoms. The van der Waals surface area contributed by atoms with E-state index in [-0.39, 0.29) is 0 Å². The fourth-order valence-corrected chi connectivity index (χ4v) is 2.73. The quantitative estimate of drug-likeness (QED) is 0.904. The molecule has 1 aromatic carbocycles. The van der Waals surface area contributed by atoms with E-state index in [0.29, 0.717) is 6.04 Å². The normalized spacial score (nSPS) is 19.6. The lowest BCUT2D eigenvalue weighted by Gasteiger charge is -2.23. The Kier molecular flexibility index (Phi) is 5.32. The van der Waals surface area contributed by atoms with Crippen LogP contribution in [0.25, 0.3) is 0 Å². The molecule has 0 amide bonds. The summed E-state index contributed by atoms with van der Waals surface area (Å²) >= 11 is 3.49. The molecule has 1 saturated heterocycles. The number of para-hydroxylation sites is 1. The molecule has 1 unspecified atom stereocenters. The van der Waals surface area contributed by atoms with Crippen LogP contribution < -0.4 is 14.8 Å². The first kappa shape index (κ1) is 13.7. The first-order valence-electron chi connectivity index (χ1n) is 6.50. The highest BCUT2D eigenvalue weighted by Crippen LogP contribution is 2.34. The Hall–Kier alpha value is -0.740. The van der Waals surface area contributed by atoms with E-state index < -0.39 is 0 Å². The summed E-state index contributed by atoms with van der Waals surface area (Å²) in [5, 5.41) is 3.53. The van der Waals surface area contributed by atoms with Crippen molar-refractivity contribution in [2.24, 2.45) is 0 Å². The zero-order valence-electron chi connectivity index (χ0n) is 10.7. The molecule has 0 bridgehead atoms. The van der Waals surface area contributed by atoms with Gasteiger partial charge >= 0.3 is 0 Å². The van der Waals surface area contributed by atoms with Gasteiger partial charge in [0, 0.05) is 6.04 Å². The number of ether oxygens (including phenoxy) is 2. The number of methoxy groups -OCH3 is 1. The molecule has 0 saturated carbocycles. The van der Waals surface area contributed by atoms with Gasteiger partial charge in [-0.2, -0.15) is 0 Å². The van der Waals surface area contributed by atoms with E-state index in [1.165, 1.54) is 19.3 Å². The molecule has 18 heavy (non-hydrogen) atoms. The minimum Gasteiger partial charge on any atom is -0.493 e. The molecule has 1 aliphatic rings. The third kappa shape index (κ3) is 3.62. The summed E-state index contributed by atoms with van der Waals surface area (Å²) in [6.07, 6.45) is 4.94. The largest absolute Gasteiger partial charge is 0.493 e. The lowest BCUT2D eigenvalue weighted by Crippen LogP contribution is -2.35. The fraction of sp³-hybridized carbons (Fsp3) is 0.571. The van der Waals surface area contributed by atoms with Crippen molar-refractivity contribution in [2.45, 2.75) is 31.7 Å². The van der Waals surface area contributed by atoms with Crippen LogP contribution in [-0.2, 0) is 0 Å². The third-order valence-electron chi connectivity index (χ3n) is 3.28. The maximum atomic E-state index is 5.85. The molecule has 2 rings (SSSR count). The smallest absolute Gasteiger partial charge is 0.175 e. The predicted molar refractivity (Wildman–Crippen MR) is 76.4 cm³/mol. The van der Waals surface area contributed by atoms with Gasteiger partial charge in [-0.1, -0.05) is 12.5 Å². The van der Waals surface area contributed by atoms with Gasteiger partial charge in [0.1, 0.15) is 0 Å². The van der Waals surface area contributed by atoms with Crippen LogP contribution >= 0.6 is 15.9 Å². The lowest BCUT2D eigenvalue weighted by molar-refractivity contribution is 0.255. The van der Waals surface area contributed by atoms with Crippen LogP contribution in [-0.4, -0.2) is 26.3 Å². The van der Waals surface area contributed by atoms with Gasteiger partial charge in [-0.05, 0) is 53.9 Å². The predicted octanol–water partition coefficient (Wildman–Crippen LogP) is 3.37. The maximum Gasteiger partial charge on any atom is 0.175 e. The molecule has 1 atom stereocenters. The molecule has 1 fully saturated rings. The highest BCUT2D eigenvalue weighted by molar-refractivity contribution is 9.10. The van der Waals surface area contributed by atoms with Crippen LogP contribution in [0.3, 0.4) is 0 Å². The Morgan fingerprint density at radius 1 is 1.39 bits per heavy atom. The van der Waals surface area contributed by atoms with Crippen LogP contribution in [0.2, 0.25) is 0 Å². The fourth-order valence-electron chi connectivity index (χ4n) is 2.26. The van der Waals surface area contributed by atoms with Gasteiger partial charge < -0.3 is 14.8 Å². The Balaban J connectivity index is 1.85. The summed E-state index contributed by atoms with van der Waals surface area (Å²) in [6, 6.07) is 6.43.